The highest BCUT2D eigenvalue weighted by Gasteiger charge is 2.18. The summed E-state index contributed by atoms with van der Waals surface area (Å²) in [6.07, 6.45) is 4.02. The maximum absolute atomic E-state index is 13.4. The molecule has 0 bridgehead atoms. The molecule has 1 aliphatic carbocycles. The van der Waals surface area contributed by atoms with E-state index in [9.17, 15) is 9.18 Å². The normalized spacial score (nSPS) is 13.0. The molecule has 0 saturated heterocycles. The van der Waals surface area contributed by atoms with Gasteiger partial charge in [-0.15, -0.1) is 0 Å². The highest BCUT2D eigenvalue weighted by molar-refractivity contribution is 7.99. The number of allylic oxidation sites excluding steroid dienone is 1. The predicted molar refractivity (Wildman–Crippen MR) is 107 cm³/mol. The number of fused-ring (bicyclic) bond motifs is 1. The molecular formula is C23H18FNOS. The molecule has 3 aromatic carbocycles. The Morgan fingerprint density at radius 3 is 2.56 bits per heavy atom. The van der Waals surface area contributed by atoms with Crippen LogP contribution in [0.1, 0.15) is 33.5 Å². The smallest absolute Gasteiger partial charge is 0.249 e. The quantitative estimate of drug-likeness (QED) is 0.658. The number of benzene rings is 3. The lowest BCUT2D eigenvalue weighted by Crippen LogP contribution is -2.14. The maximum atomic E-state index is 13.4. The SMILES string of the molecule is NC(=O)c1ccccc1C1=CCCc2cc(Sc3cccc(F)c3)ccc21. The van der Waals surface area contributed by atoms with Gasteiger partial charge in [0.2, 0.25) is 5.91 Å². The molecule has 3 aromatic rings. The van der Waals surface area contributed by atoms with E-state index in [0.717, 1.165) is 39.3 Å². The average molecular weight is 375 g/mol. The minimum atomic E-state index is -0.420. The second-order valence-electron chi connectivity index (χ2n) is 6.44. The Kier molecular flexibility index (Phi) is 4.82. The van der Waals surface area contributed by atoms with Crippen LogP contribution in [0.3, 0.4) is 0 Å². The van der Waals surface area contributed by atoms with Crippen molar-refractivity contribution in [2.24, 2.45) is 5.73 Å². The van der Waals surface area contributed by atoms with Crippen LogP contribution in [0.5, 0.6) is 0 Å². The molecule has 4 rings (SSSR count). The zero-order valence-electron chi connectivity index (χ0n) is 14.6. The number of rotatable bonds is 4. The van der Waals surface area contributed by atoms with E-state index in [2.05, 4.69) is 18.2 Å². The summed E-state index contributed by atoms with van der Waals surface area (Å²) in [4.78, 5) is 13.8. The predicted octanol–water partition coefficient (Wildman–Crippen LogP) is 5.45. The Bertz CT molecular complexity index is 1060. The third kappa shape index (κ3) is 3.67. The van der Waals surface area contributed by atoms with Gasteiger partial charge in [0.05, 0.1) is 0 Å². The summed E-state index contributed by atoms with van der Waals surface area (Å²) in [5.74, 6) is -0.650. The van der Waals surface area contributed by atoms with Gasteiger partial charge >= 0.3 is 0 Å². The van der Waals surface area contributed by atoms with Gasteiger partial charge in [0, 0.05) is 15.4 Å². The minimum Gasteiger partial charge on any atom is -0.366 e. The number of amides is 1. The fourth-order valence-corrected chi connectivity index (χ4v) is 4.37. The zero-order valence-corrected chi connectivity index (χ0v) is 15.4. The van der Waals surface area contributed by atoms with E-state index in [4.69, 9.17) is 5.73 Å². The van der Waals surface area contributed by atoms with Crippen LogP contribution in [-0.2, 0) is 6.42 Å². The molecule has 0 spiro atoms. The molecule has 27 heavy (non-hydrogen) atoms. The summed E-state index contributed by atoms with van der Waals surface area (Å²) in [6.45, 7) is 0. The lowest BCUT2D eigenvalue weighted by atomic mass is 9.85. The summed E-state index contributed by atoms with van der Waals surface area (Å²) >= 11 is 1.55. The van der Waals surface area contributed by atoms with Gasteiger partial charge in [-0.25, -0.2) is 4.39 Å². The van der Waals surface area contributed by atoms with Crippen molar-refractivity contribution in [1.82, 2.24) is 0 Å². The fraction of sp³-hybridized carbons (Fsp3) is 0.0870. The minimum absolute atomic E-state index is 0.230. The molecule has 4 heteroatoms. The van der Waals surface area contributed by atoms with Gasteiger partial charge in [-0.3, -0.25) is 4.79 Å². The number of halogens is 1. The molecule has 2 N–H and O–H groups in total. The highest BCUT2D eigenvalue weighted by Crippen LogP contribution is 2.37. The molecular weight excluding hydrogens is 357 g/mol. The van der Waals surface area contributed by atoms with Gasteiger partial charge in [-0.05, 0) is 71.5 Å². The van der Waals surface area contributed by atoms with Gasteiger partial charge in [0.25, 0.3) is 0 Å². The molecule has 0 radical (unpaired) electrons. The van der Waals surface area contributed by atoms with Crippen LogP contribution in [0.4, 0.5) is 4.39 Å². The van der Waals surface area contributed by atoms with Crippen molar-refractivity contribution in [2.75, 3.05) is 0 Å². The highest BCUT2D eigenvalue weighted by atomic mass is 32.2. The number of primary amides is 1. The van der Waals surface area contributed by atoms with Crippen molar-refractivity contribution in [1.29, 1.82) is 0 Å². The van der Waals surface area contributed by atoms with Crippen molar-refractivity contribution in [3.05, 3.63) is 101 Å². The van der Waals surface area contributed by atoms with Gasteiger partial charge in [0.1, 0.15) is 5.82 Å². The first-order chi connectivity index (χ1) is 13.1. The van der Waals surface area contributed by atoms with Gasteiger partial charge in [-0.1, -0.05) is 48.2 Å². The van der Waals surface area contributed by atoms with E-state index in [1.54, 1.807) is 30.0 Å². The molecule has 0 fully saturated rings. The molecule has 0 aliphatic heterocycles. The van der Waals surface area contributed by atoms with Crippen LogP contribution in [0.2, 0.25) is 0 Å². The van der Waals surface area contributed by atoms with Gasteiger partial charge in [0.15, 0.2) is 0 Å². The van der Waals surface area contributed by atoms with Gasteiger partial charge in [-0.2, -0.15) is 0 Å². The molecule has 0 heterocycles. The second-order valence-corrected chi connectivity index (χ2v) is 7.59. The first kappa shape index (κ1) is 17.6. The monoisotopic (exact) mass is 375 g/mol. The zero-order chi connectivity index (χ0) is 18.8. The molecule has 0 saturated carbocycles. The number of carbonyl (C=O) groups excluding carboxylic acids is 1. The van der Waals surface area contributed by atoms with E-state index in [0.29, 0.717) is 5.56 Å². The fourth-order valence-electron chi connectivity index (χ4n) is 3.44. The lowest BCUT2D eigenvalue weighted by molar-refractivity contribution is 0.1000. The van der Waals surface area contributed by atoms with E-state index in [1.807, 2.05) is 30.3 Å². The summed E-state index contributed by atoms with van der Waals surface area (Å²) < 4.78 is 13.4. The van der Waals surface area contributed by atoms with E-state index >= 15 is 0 Å². The Hall–Kier alpha value is -2.85. The van der Waals surface area contributed by atoms with Crippen LogP contribution in [0, 0.1) is 5.82 Å². The summed E-state index contributed by atoms with van der Waals surface area (Å²) in [5.41, 5.74) is 10.4. The maximum Gasteiger partial charge on any atom is 0.249 e. The van der Waals surface area contributed by atoms with E-state index < -0.39 is 5.91 Å². The lowest BCUT2D eigenvalue weighted by Gasteiger charge is -2.20. The Labute approximate surface area is 161 Å². The molecule has 134 valence electrons. The molecule has 0 atom stereocenters. The Morgan fingerprint density at radius 1 is 0.926 bits per heavy atom. The summed E-state index contributed by atoms with van der Waals surface area (Å²) in [5, 5.41) is 0. The topological polar surface area (TPSA) is 43.1 Å². The number of hydrogen-bond donors (Lipinski definition) is 1. The van der Waals surface area contributed by atoms with Crippen LogP contribution in [0.15, 0.2) is 82.6 Å². The largest absolute Gasteiger partial charge is 0.366 e. The average Bonchev–Trinajstić information content (AvgIpc) is 2.67. The first-order valence-electron chi connectivity index (χ1n) is 8.78. The molecule has 0 unspecified atom stereocenters. The third-order valence-corrected chi connectivity index (χ3v) is 5.62. The molecule has 2 nitrogen and oxygen atoms in total. The number of hydrogen-bond acceptors (Lipinski definition) is 2. The molecule has 1 amide bonds. The van der Waals surface area contributed by atoms with Crippen LogP contribution >= 0.6 is 11.8 Å². The van der Waals surface area contributed by atoms with Crippen molar-refractivity contribution in [3.63, 3.8) is 0 Å². The van der Waals surface area contributed by atoms with Crippen LogP contribution in [-0.4, -0.2) is 5.91 Å². The van der Waals surface area contributed by atoms with Gasteiger partial charge < -0.3 is 5.73 Å². The van der Waals surface area contributed by atoms with E-state index in [-0.39, 0.29) is 5.82 Å². The van der Waals surface area contributed by atoms with Crippen molar-refractivity contribution >= 4 is 23.2 Å². The summed E-state index contributed by atoms with van der Waals surface area (Å²) in [7, 11) is 0. The number of carbonyl (C=O) groups is 1. The van der Waals surface area contributed by atoms with Crippen molar-refractivity contribution in [2.45, 2.75) is 22.6 Å². The number of nitrogens with two attached hydrogens (primary N) is 1. The Balaban J connectivity index is 1.70. The molecule has 0 aromatic heterocycles. The van der Waals surface area contributed by atoms with E-state index in [1.165, 1.54) is 11.6 Å². The van der Waals surface area contributed by atoms with Crippen molar-refractivity contribution in [3.8, 4) is 0 Å². The first-order valence-corrected chi connectivity index (χ1v) is 9.59. The summed E-state index contributed by atoms with van der Waals surface area (Å²) in [6, 6.07) is 20.3. The molecule has 1 aliphatic rings. The third-order valence-electron chi connectivity index (χ3n) is 4.64. The Morgan fingerprint density at radius 2 is 1.74 bits per heavy atom. The van der Waals surface area contributed by atoms with Crippen LogP contribution < -0.4 is 5.73 Å². The second kappa shape index (κ2) is 7.41. The van der Waals surface area contributed by atoms with Crippen LogP contribution in [0.25, 0.3) is 5.57 Å². The standard InChI is InChI=1S/C23H18FNOS/c24-16-6-4-7-17(14-16)27-18-11-12-19-15(13-18)5-3-10-20(19)21-8-1-2-9-22(21)23(25)26/h1-2,4,6-14H,3,5H2,(H2,25,26). The number of aryl methyl sites for hydroxylation is 1. The van der Waals surface area contributed by atoms with Crippen molar-refractivity contribution < 1.29 is 9.18 Å².